The van der Waals surface area contributed by atoms with E-state index in [-0.39, 0.29) is 36.8 Å². The molecule has 1 aliphatic heterocycles. The summed E-state index contributed by atoms with van der Waals surface area (Å²) >= 11 is 0. The summed E-state index contributed by atoms with van der Waals surface area (Å²) in [7, 11) is 4.29. The van der Waals surface area contributed by atoms with E-state index in [9.17, 15) is 4.79 Å². The third kappa shape index (κ3) is 7.64. The van der Waals surface area contributed by atoms with Crippen molar-refractivity contribution in [1.82, 2.24) is 15.1 Å². The van der Waals surface area contributed by atoms with Gasteiger partial charge in [-0.3, -0.25) is 4.79 Å². The Morgan fingerprint density at radius 1 is 1.35 bits per heavy atom. The number of piperidine rings is 1. The number of hydrogen-bond acceptors (Lipinski definition) is 4. The molecule has 1 amide bonds. The standard InChI is InChI=1S/C13H28N4O.2ClH/c1-4-12(14)13(18)15-7-10-17-8-5-11(6-9-17)16(2)3;;/h11-12H,4-10,14H2,1-3H3,(H,15,18);2*1H/t12-;;/m0../s1. The van der Waals surface area contributed by atoms with E-state index in [1.54, 1.807) is 0 Å². The van der Waals surface area contributed by atoms with E-state index in [1.165, 1.54) is 12.8 Å². The second kappa shape index (κ2) is 11.6. The van der Waals surface area contributed by atoms with Gasteiger partial charge in [0, 0.05) is 19.1 Å². The van der Waals surface area contributed by atoms with Crippen LogP contribution in [0.2, 0.25) is 0 Å². The molecule has 0 spiro atoms. The SMILES string of the molecule is CC[C@H](N)C(=O)NCCN1CCC(N(C)C)CC1.Cl.Cl. The smallest absolute Gasteiger partial charge is 0.236 e. The van der Waals surface area contributed by atoms with Crippen LogP contribution in [0.3, 0.4) is 0 Å². The molecule has 0 bridgehead atoms. The third-order valence-electron chi connectivity index (χ3n) is 3.79. The summed E-state index contributed by atoms with van der Waals surface area (Å²) in [5.74, 6) is -0.0272. The Morgan fingerprint density at radius 2 is 1.90 bits per heavy atom. The highest BCUT2D eigenvalue weighted by atomic mass is 35.5. The maximum atomic E-state index is 11.5. The first-order chi connectivity index (χ1) is 8.54. The quantitative estimate of drug-likeness (QED) is 0.753. The van der Waals surface area contributed by atoms with Gasteiger partial charge in [0.05, 0.1) is 6.04 Å². The zero-order valence-corrected chi connectivity index (χ0v) is 14.4. The number of rotatable bonds is 6. The first kappa shape index (κ1) is 22.2. The summed E-state index contributed by atoms with van der Waals surface area (Å²) in [5.41, 5.74) is 5.66. The van der Waals surface area contributed by atoms with Gasteiger partial charge in [0.1, 0.15) is 0 Å². The van der Waals surface area contributed by atoms with Crippen LogP contribution in [0.4, 0.5) is 0 Å². The van der Waals surface area contributed by atoms with Gasteiger partial charge in [0.2, 0.25) is 5.91 Å². The monoisotopic (exact) mass is 328 g/mol. The fourth-order valence-corrected chi connectivity index (χ4v) is 2.31. The summed E-state index contributed by atoms with van der Waals surface area (Å²) in [4.78, 5) is 16.2. The van der Waals surface area contributed by atoms with E-state index in [0.29, 0.717) is 19.0 Å². The van der Waals surface area contributed by atoms with E-state index in [1.807, 2.05) is 6.92 Å². The van der Waals surface area contributed by atoms with Crippen molar-refractivity contribution in [2.75, 3.05) is 40.3 Å². The second-order valence-corrected chi connectivity index (χ2v) is 5.34. The highest BCUT2D eigenvalue weighted by molar-refractivity contribution is 5.85. The molecule has 1 rings (SSSR count). The Kier molecular flexibility index (Phi) is 12.9. The van der Waals surface area contributed by atoms with Crippen molar-refractivity contribution in [3.8, 4) is 0 Å². The lowest BCUT2D eigenvalue weighted by molar-refractivity contribution is -0.122. The summed E-state index contributed by atoms with van der Waals surface area (Å²) in [6.45, 7) is 5.81. The van der Waals surface area contributed by atoms with E-state index in [2.05, 4.69) is 29.2 Å². The van der Waals surface area contributed by atoms with Crippen LogP contribution in [0.1, 0.15) is 26.2 Å². The van der Waals surface area contributed by atoms with E-state index in [0.717, 1.165) is 19.6 Å². The molecule has 5 nitrogen and oxygen atoms in total. The lowest BCUT2D eigenvalue weighted by atomic mass is 10.0. The van der Waals surface area contributed by atoms with Crippen molar-refractivity contribution >= 4 is 30.7 Å². The maximum Gasteiger partial charge on any atom is 0.236 e. The zero-order chi connectivity index (χ0) is 13.5. The highest BCUT2D eigenvalue weighted by Crippen LogP contribution is 2.13. The summed E-state index contributed by atoms with van der Waals surface area (Å²) < 4.78 is 0. The number of amides is 1. The van der Waals surface area contributed by atoms with Gasteiger partial charge < -0.3 is 20.9 Å². The number of nitrogens with zero attached hydrogens (tertiary/aromatic N) is 2. The molecule has 1 aliphatic rings. The van der Waals surface area contributed by atoms with Gasteiger partial charge in [0.15, 0.2) is 0 Å². The lowest BCUT2D eigenvalue weighted by Gasteiger charge is -2.35. The molecule has 7 heteroatoms. The predicted octanol–water partition coefficient (Wildman–Crippen LogP) is 0.709. The van der Waals surface area contributed by atoms with Gasteiger partial charge in [-0.05, 0) is 46.4 Å². The lowest BCUT2D eigenvalue weighted by Crippen LogP contribution is -2.46. The first-order valence-electron chi connectivity index (χ1n) is 6.96. The Hall–Kier alpha value is -0.0700. The Balaban J connectivity index is 0. The Bertz CT molecular complexity index is 259. The van der Waals surface area contributed by atoms with Crippen molar-refractivity contribution in [3.05, 3.63) is 0 Å². The maximum absolute atomic E-state index is 11.5. The van der Waals surface area contributed by atoms with E-state index >= 15 is 0 Å². The largest absolute Gasteiger partial charge is 0.353 e. The molecule has 1 saturated heterocycles. The molecule has 0 radical (unpaired) electrons. The van der Waals surface area contributed by atoms with Crippen LogP contribution >= 0.6 is 24.8 Å². The normalized spacial score (nSPS) is 18.1. The molecular formula is C13H30Cl2N4O. The molecule has 0 aromatic rings. The molecule has 122 valence electrons. The first-order valence-corrected chi connectivity index (χ1v) is 6.96. The van der Waals surface area contributed by atoms with E-state index in [4.69, 9.17) is 5.73 Å². The molecule has 0 saturated carbocycles. The van der Waals surface area contributed by atoms with Crippen LogP contribution < -0.4 is 11.1 Å². The molecule has 0 aliphatic carbocycles. The molecule has 1 atom stereocenters. The minimum Gasteiger partial charge on any atom is -0.353 e. The average Bonchev–Trinajstić information content (AvgIpc) is 2.38. The van der Waals surface area contributed by atoms with Crippen molar-refractivity contribution in [2.24, 2.45) is 5.73 Å². The number of halogens is 2. The zero-order valence-electron chi connectivity index (χ0n) is 12.8. The molecule has 0 aromatic carbocycles. The minimum absolute atomic E-state index is 0. The Morgan fingerprint density at radius 3 is 2.35 bits per heavy atom. The molecule has 1 heterocycles. The minimum atomic E-state index is -0.357. The van der Waals surface area contributed by atoms with Crippen LogP contribution in [0, 0.1) is 0 Å². The van der Waals surface area contributed by atoms with Gasteiger partial charge in [0.25, 0.3) is 0 Å². The molecule has 3 N–H and O–H groups in total. The molecule has 0 unspecified atom stereocenters. The molecule has 20 heavy (non-hydrogen) atoms. The van der Waals surface area contributed by atoms with Gasteiger partial charge >= 0.3 is 0 Å². The predicted molar refractivity (Wildman–Crippen MR) is 88.9 cm³/mol. The summed E-state index contributed by atoms with van der Waals surface area (Å²) in [6, 6.07) is 0.355. The van der Waals surface area contributed by atoms with Crippen molar-refractivity contribution in [1.29, 1.82) is 0 Å². The number of nitrogens with two attached hydrogens (primary N) is 1. The average molecular weight is 329 g/mol. The van der Waals surface area contributed by atoms with Crippen LogP contribution in [0.5, 0.6) is 0 Å². The number of hydrogen-bond donors (Lipinski definition) is 2. The highest BCUT2D eigenvalue weighted by Gasteiger charge is 2.20. The van der Waals surface area contributed by atoms with Crippen molar-refractivity contribution < 1.29 is 4.79 Å². The van der Waals surface area contributed by atoms with Crippen LogP contribution in [0.25, 0.3) is 0 Å². The number of carbonyl (C=O) groups excluding carboxylic acids is 1. The molecular weight excluding hydrogens is 299 g/mol. The fourth-order valence-electron chi connectivity index (χ4n) is 2.31. The number of carbonyl (C=O) groups is 1. The van der Waals surface area contributed by atoms with Gasteiger partial charge in [-0.1, -0.05) is 6.92 Å². The van der Waals surface area contributed by atoms with Gasteiger partial charge in [-0.2, -0.15) is 0 Å². The Labute approximate surface area is 135 Å². The molecule has 0 aromatic heterocycles. The van der Waals surface area contributed by atoms with Gasteiger partial charge in [-0.25, -0.2) is 0 Å². The van der Waals surface area contributed by atoms with Crippen LogP contribution in [-0.2, 0) is 4.79 Å². The fraction of sp³-hybridized carbons (Fsp3) is 0.923. The second-order valence-electron chi connectivity index (χ2n) is 5.34. The summed E-state index contributed by atoms with van der Waals surface area (Å²) in [6.07, 6.45) is 3.13. The summed E-state index contributed by atoms with van der Waals surface area (Å²) in [5, 5.41) is 2.90. The number of nitrogens with one attached hydrogen (secondary N) is 1. The number of likely N-dealkylation sites (tertiary alicyclic amines) is 1. The van der Waals surface area contributed by atoms with Crippen molar-refractivity contribution in [2.45, 2.75) is 38.3 Å². The molecule has 1 fully saturated rings. The van der Waals surface area contributed by atoms with Crippen molar-refractivity contribution in [3.63, 3.8) is 0 Å². The topological polar surface area (TPSA) is 61.6 Å². The van der Waals surface area contributed by atoms with Gasteiger partial charge in [-0.15, -0.1) is 24.8 Å². The van der Waals surface area contributed by atoms with E-state index < -0.39 is 0 Å². The van der Waals surface area contributed by atoms with Crippen LogP contribution in [-0.4, -0.2) is 68.1 Å². The van der Waals surface area contributed by atoms with Crippen LogP contribution in [0.15, 0.2) is 0 Å². The third-order valence-corrected chi connectivity index (χ3v) is 3.79.